The molecule has 0 fully saturated rings. The normalized spacial score (nSPS) is 13.7. The molecular formula is C18H41N3. The third kappa shape index (κ3) is 11.1. The number of rotatable bonds is 10. The Morgan fingerprint density at radius 3 is 1.43 bits per heavy atom. The van der Waals surface area contributed by atoms with Crippen molar-refractivity contribution in [2.45, 2.75) is 86.4 Å². The molecule has 0 radical (unpaired) electrons. The maximum Gasteiger partial charge on any atom is 0.00967 e. The minimum atomic E-state index is 0.165. The smallest absolute Gasteiger partial charge is 0.00967 e. The molecule has 0 heterocycles. The summed E-state index contributed by atoms with van der Waals surface area (Å²) < 4.78 is 0. The van der Waals surface area contributed by atoms with Gasteiger partial charge in [0.05, 0.1) is 0 Å². The highest BCUT2D eigenvalue weighted by Crippen LogP contribution is 2.26. The van der Waals surface area contributed by atoms with Gasteiger partial charge in [-0.05, 0) is 33.1 Å². The number of hydrogen-bond acceptors (Lipinski definition) is 3. The summed E-state index contributed by atoms with van der Waals surface area (Å²) >= 11 is 0. The molecule has 0 unspecified atom stereocenters. The molecule has 0 amide bonds. The fourth-order valence-electron chi connectivity index (χ4n) is 2.56. The van der Waals surface area contributed by atoms with Crippen molar-refractivity contribution in [3.63, 3.8) is 0 Å². The molecule has 0 aliphatic heterocycles. The quantitative estimate of drug-likeness (QED) is 0.578. The van der Waals surface area contributed by atoms with Crippen molar-refractivity contribution in [3.8, 4) is 0 Å². The highest BCUT2D eigenvalue weighted by Gasteiger charge is 2.32. The molecule has 0 aromatic rings. The van der Waals surface area contributed by atoms with Gasteiger partial charge in [-0.3, -0.25) is 0 Å². The van der Waals surface area contributed by atoms with E-state index in [0.29, 0.717) is 18.0 Å². The second-order valence-electron chi connectivity index (χ2n) is 8.77. The Balaban J connectivity index is 4.98. The molecule has 0 saturated heterocycles. The monoisotopic (exact) mass is 299 g/mol. The van der Waals surface area contributed by atoms with Gasteiger partial charge in [-0.25, -0.2) is 0 Å². The first kappa shape index (κ1) is 20.9. The molecule has 0 spiro atoms. The largest absolute Gasteiger partial charge is 0.314 e. The maximum absolute atomic E-state index is 3.74. The van der Waals surface area contributed by atoms with Gasteiger partial charge in [0.1, 0.15) is 0 Å². The molecule has 0 aromatic heterocycles. The lowest BCUT2D eigenvalue weighted by Gasteiger charge is -2.40. The molecule has 0 aliphatic carbocycles. The second-order valence-corrected chi connectivity index (χ2v) is 8.77. The van der Waals surface area contributed by atoms with Gasteiger partial charge < -0.3 is 16.0 Å². The Morgan fingerprint density at radius 1 is 0.714 bits per heavy atom. The fourth-order valence-corrected chi connectivity index (χ4v) is 2.56. The summed E-state index contributed by atoms with van der Waals surface area (Å²) in [7, 11) is 0. The summed E-state index contributed by atoms with van der Waals surface area (Å²) in [4.78, 5) is 0. The third-order valence-electron chi connectivity index (χ3n) is 3.61. The first-order valence-corrected chi connectivity index (χ1v) is 8.67. The van der Waals surface area contributed by atoms with E-state index in [4.69, 9.17) is 0 Å². The topological polar surface area (TPSA) is 36.1 Å². The van der Waals surface area contributed by atoms with Crippen molar-refractivity contribution in [1.29, 1.82) is 0 Å². The summed E-state index contributed by atoms with van der Waals surface area (Å²) in [5.41, 5.74) is 0.424. The minimum absolute atomic E-state index is 0.165. The van der Waals surface area contributed by atoms with Crippen LogP contribution in [0.3, 0.4) is 0 Å². The predicted molar refractivity (Wildman–Crippen MR) is 95.9 cm³/mol. The van der Waals surface area contributed by atoms with Crippen molar-refractivity contribution < 1.29 is 0 Å². The van der Waals surface area contributed by atoms with Crippen LogP contribution in [0.2, 0.25) is 0 Å². The van der Waals surface area contributed by atoms with Crippen LogP contribution in [0.1, 0.15) is 68.7 Å². The zero-order valence-corrected chi connectivity index (χ0v) is 16.1. The van der Waals surface area contributed by atoms with Crippen LogP contribution in [-0.2, 0) is 0 Å². The molecule has 0 aromatic carbocycles. The number of nitrogens with one attached hydrogen (secondary N) is 3. The zero-order chi connectivity index (χ0) is 16.7. The van der Waals surface area contributed by atoms with Gasteiger partial charge in [-0.15, -0.1) is 0 Å². The van der Waals surface area contributed by atoms with Crippen molar-refractivity contribution in [2.75, 3.05) is 19.6 Å². The molecular weight excluding hydrogens is 258 g/mol. The molecule has 0 rings (SSSR count). The highest BCUT2D eigenvalue weighted by molar-refractivity contribution is 4.90. The molecule has 0 aliphatic rings. The molecule has 0 atom stereocenters. The molecule has 128 valence electrons. The van der Waals surface area contributed by atoms with Crippen LogP contribution in [0.5, 0.6) is 0 Å². The molecule has 0 bridgehead atoms. The van der Waals surface area contributed by atoms with Crippen LogP contribution in [0, 0.1) is 11.3 Å². The van der Waals surface area contributed by atoms with E-state index >= 15 is 0 Å². The van der Waals surface area contributed by atoms with E-state index in [-0.39, 0.29) is 11.0 Å². The highest BCUT2D eigenvalue weighted by atomic mass is 15.0. The molecule has 3 nitrogen and oxygen atoms in total. The molecule has 21 heavy (non-hydrogen) atoms. The van der Waals surface area contributed by atoms with E-state index in [1.807, 2.05) is 0 Å². The summed E-state index contributed by atoms with van der Waals surface area (Å²) in [5, 5.41) is 11.1. The average molecular weight is 300 g/mol. The van der Waals surface area contributed by atoms with Gasteiger partial charge in [0.25, 0.3) is 0 Å². The lowest BCUT2D eigenvalue weighted by Crippen LogP contribution is -2.54. The molecule has 3 heteroatoms. The van der Waals surface area contributed by atoms with E-state index in [1.54, 1.807) is 0 Å². The fraction of sp³-hybridized carbons (Fsp3) is 1.00. The summed E-state index contributed by atoms with van der Waals surface area (Å²) in [6.07, 6.45) is 1.23. The van der Waals surface area contributed by atoms with Gasteiger partial charge in [0.2, 0.25) is 0 Å². The second kappa shape index (κ2) is 9.12. The first-order valence-electron chi connectivity index (χ1n) is 8.67. The van der Waals surface area contributed by atoms with Crippen molar-refractivity contribution in [3.05, 3.63) is 0 Å². The van der Waals surface area contributed by atoms with Crippen molar-refractivity contribution in [2.24, 2.45) is 11.3 Å². The van der Waals surface area contributed by atoms with Crippen LogP contribution in [-0.4, -0.2) is 37.3 Å². The first-order chi connectivity index (χ1) is 9.46. The lowest BCUT2D eigenvalue weighted by atomic mass is 9.78. The lowest BCUT2D eigenvalue weighted by molar-refractivity contribution is 0.175. The number of hydrogen-bond donors (Lipinski definition) is 3. The Hall–Kier alpha value is -0.120. The van der Waals surface area contributed by atoms with Crippen LogP contribution in [0.15, 0.2) is 0 Å². The van der Waals surface area contributed by atoms with Crippen molar-refractivity contribution in [1.82, 2.24) is 16.0 Å². The van der Waals surface area contributed by atoms with Gasteiger partial charge in [0, 0.05) is 42.7 Å². The molecule has 0 saturated carbocycles. The minimum Gasteiger partial charge on any atom is -0.314 e. The van der Waals surface area contributed by atoms with E-state index in [1.165, 1.54) is 6.42 Å². The Labute approximate surface area is 134 Å². The van der Waals surface area contributed by atoms with Crippen molar-refractivity contribution >= 4 is 0 Å². The maximum atomic E-state index is 3.74. The Morgan fingerprint density at radius 2 is 1.14 bits per heavy atom. The summed E-state index contributed by atoms with van der Waals surface area (Å²) in [5.74, 6) is 0.703. The van der Waals surface area contributed by atoms with E-state index < -0.39 is 0 Å². The SMILES string of the molecule is CC(C)CC(CNC(C)C)(CNC(C)C)CNC(C)(C)C. The average Bonchev–Trinajstić information content (AvgIpc) is 2.29. The summed E-state index contributed by atoms with van der Waals surface area (Å²) in [6.45, 7) is 23.5. The van der Waals surface area contributed by atoms with Gasteiger partial charge in [-0.2, -0.15) is 0 Å². The van der Waals surface area contributed by atoms with Gasteiger partial charge in [0.15, 0.2) is 0 Å². The third-order valence-corrected chi connectivity index (χ3v) is 3.61. The molecule has 3 N–H and O–H groups in total. The van der Waals surface area contributed by atoms with Gasteiger partial charge in [-0.1, -0.05) is 41.5 Å². The zero-order valence-electron chi connectivity index (χ0n) is 16.1. The van der Waals surface area contributed by atoms with Crippen LogP contribution in [0.25, 0.3) is 0 Å². The van der Waals surface area contributed by atoms with E-state index in [2.05, 4.69) is 78.3 Å². The standard InChI is InChI=1S/C18H41N3/c1-14(2)10-18(11-19-15(3)4,12-20-16(5)6)13-21-17(7,8)9/h14-16,19-21H,10-13H2,1-9H3. The van der Waals surface area contributed by atoms with Crippen LogP contribution >= 0.6 is 0 Å². The summed E-state index contributed by atoms with van der Waals surface area (Å²) in [6, 6.07) is 1.07. The van der Waals surface area contributed by atoms with E-state index in [0.717, 1.165) is 19.6 Å². The van der Waals surface area contributed by atoms with Crippen LogP contribution in [0.4, 0.5) is 0 Å². The van der Waals surface area contributed by atoms with Gasteiger partial charge >= 0.3 is 0 Å². The van der Waals surface area contributed by atoms with Crippen LogP contribution < -0.4 is 16.0 Å². The Kier molecular flexibility index (Phi) is 9.06. The Bertz CT molecular complexity index is 252. The predicted octanol–water partition coefficient (Wildman–Crippen LogP) is 3.40. The van der Waals surface area contributed by atoms with E-state index in [9.17, 15) is 0 Å².